The van der Waals surface area contributed by atoms with Gasteiger partial charge in [-0.05, 0) is 131 Å². The van der Waals surface area contributed by atoms with Gasteiger partial charge in [-0.2, -0.15) is 0 Å². The molecule has 0 spiro atoms. The molecule has 0 saturated carbocycles. The SMILES string of the molecule is CNCCOCCOCCOCCNC(=O)[C@@H]1CSCC(=O)N[C@@H](CCCCNC(=O)CCCC(=O)NCCC(CCNC(C)(C)/C(C)=N\O)CCNC(C)(C)/C(C)=N\O)C(=O)N[C@H]2CSSC[C@H](NC(=O)[C@H](CC(=O)O)NC(=O)CNC(=O)[C@H](CCCNC(=N)N)NC2=O)C(=O)N[C@@H](Cc2ccccc2)C(=O)N1. The normalized spacial score (nSPS) is 20.3. The van der Waals surface area contributed by atoms with Gasteiger partial charge in [-0.3, -0.25) is 62.9 Å². The molecule has 614 valence electrons. The highest BCUT2D eigenvalue weighted by atomic mass is 33.1. The van der Waals surface area contributed by atoms with Crippen molar-refractivity contribution in [2.75, 3.05) is 122 Å². The number of hydrogen-bond donors (Lipinski definition) is 20. The number of carboxylic acid groups (broad SMARTS) is 1. The van der Waals surface area contributed by atoms with Gasteiger partial charge in [0, 0.05) is 69.2 Å². The minimum absolute atomic E-state index is 0.0209. The number of benzene rings is 1. The second-order valence-corrected chi connectivity index (χ2v) is 30.7. The van der Waals surface area contributed by atoms with Crippen LogP contribution in [0.2, 0.25) is 0 Å². The predicted octanol–water partition coefficient (Wildman–Crippen LogP) is -2.20. The second-order valence-electron chi connectivity index (χ2n) is 27.1. The van der Waals surface area contributed by atoms with Crippen molar-refractivity contribution in [1.29, 1.82) is 5.41 Å². The van der Waals surface area contributed by atoms with Gasteiger partial charge in [0.05, 0.1) is 80.9 Å². The third-order valence-corrected chi connectivity index (χ3v) is 21.1. The van der Waals surface area contributed by atoms with Gasteiger partial charge in [0.2, 0.25) is 65.0 Å². The molecule has 2 aliphatic heterocycles. The Balaban J connectivity index is 1.93. The molecule has 0 radical (unpaired) electrons. The van der Waals surface area contributed by atoms with Crippen LogP contribution in [-0.2, 0) is 78.2 Å². The van der Waals surface area contributed by atoms with E-state index in [1.54, 1.807) is 44.2 Å². The third kappa shape index (κ3) is 40.9. The van der Waals surface area contributed by atoms with Crippen LogP contribution in [0.3, 0.4) is 0 Å². The molecule has 3 rings (SSSR count). The molecule has 40 heteroatoms. The fraction of sp³-hybridized carbons (Fsp3) is 0.696. The highest BCUT2D eigenvalue weighted by Crippen LogP contribution is 2.25. The first kappa shape index (κ1) is 95.1. The predicted molar refractivity (Wildman–Crippen MR) is 415 cm³/mol. The van der Waals surface area contributed by atoms with Crippen LogP contribution in [0.4, 0.5) is 0 Å². The Morgan fingerprint density at radius 1 is 0.569 bits per heavy atom. The van der Waals surface area contributed by atoms with Crippen LogP contribution in [0.1, 0.15) is 124 Å². The molecule has 11 amide bonds. The molecule has 0 aliphatic carbocycles. The number of thioether (sulfide) groups is 1. The van der Waals surface area contributed by atoms with Gasteiger partial charge >= 0.3 is 5.97 Å². The molecule has 0 unspecified atom stereocenters. The van der Waals surface area contributed by atoms with Crippen LogP contribution in [-0.4, -0.2) is 279 Å². The Labute approximate surface area is 649 Å². The van der Waals surface area contributed by atoms with E-state index in [2.05, 4.69) is 90.1 Å². The van der Waals surface area contributed by atoms with E-state index in [1.807, 2.05) is 34.7 Å². The van der Waals surface area contributed by atoms with Crippen molar-refractivity contribution in [3.8, 4) is 0 Å². The molecule has 2 heterocycles. The molecule has 109 heavy (non-hydrogen) atoms. The van der Waals surface area contributed by atoms with Crippen LogP contribution in [0, 0.1) is 11.3 Å². The average molecular weight is 1600 g/mol. The van der Waals surface area contributed by atoms with Crippen LogP contribution >= 0.6 is 33.3 Å². The summed E-state index contributed by atoms with van der Waals surface area (Å²) in [6, 6.07) is -2.10. The van der Waals surface area contributed by atoms with E-state index in [9.17, 15) is 73.1 Å². The number of rotatable bonds is 43. The van der Waals surface area contributed by atoms with Crippen LogP contribution < -0.4 is 85.5 Å². The maximum absolute atomic E-state index is 14.7. The lowest BCUT2D eigenvalue weighted by atomic mass is 9.94. The van der Waals surface area contributed by atoms with Gasteiger partial charge < -0.3 is 115 Å². The number of amides is 11. The number of likely N-dealkylation sites (N-methyl/N-ethyl adjacent to an activating group) is 1. The zero-order valence-corrected chi connectivity index (χ0v) is 66.0. The minimum Gasteiger partial charge on any atom is -0.481 e. The number of carboxylic acids is 1. The summed E-state index contributed by atoms with van der Waals surface area (Å²) >= 11 is 0.910. The molecule has 2 fully saturated rings. The van der Waals surface area contributed by atoms with Crippen LogP contribution in [0.15, 0.2) is 40.6 Å². The molecule has 2 aliphatic rings. The largest absolute Gasteiger partial charge is 0.481 e. The summed E-state index contributed by atoms with van der Waals surface area (Å²) in [5.74, 6) is -11.8. The smallest absolute Gasteiger partial charge is 0.305 e. The molecule has 1 aromatic carbocycles. The number of carbonyl (C=O) groups is 12. The Morgan fingerprint density at radius 2 is 1.07 bits per heavy atom. The van der Waals surface area contributed by atoms with Crippen molar-refractivity contribution >= 4 is 122 Å². The Hall–Kier alpha value is -8.12. The Morgan fingerprint density at radius 3 is 1.64 bits per heavy atom. The number of carbonyl (C=O) groups excluding carboxylic acids is 11. The fourth-order valence-corrected chi connectivity index (χ4v) is 13.8. The zero-order chi connectivity index (χ0) is 80.6. The maximum Gasteiger partial charge on any atom is 0.305 e. The van der Waals surface area contributed by atoms with Crippen molar-refractivity contribution < 1.29 is 87.3 Å². The number of nitrogens with two attached hydrogens (primary N) is 1. The topological polar surface area (TPSA) is 548 Å². The molecule has 7 atom stereocenters. The summed E-state index contributed by atoms with van der Waals surface area (Å²) in [6.45, 7) is 14.4. The lowest BCUT2D eigenvalue weighted by Crippen LogP contribution is -2.60. The van der Waals surface area contributed by atoms with Gasteiger partial charge in [0.25, 0.3) is 0 Å². The van der Waals surface area contributed by atoms with Crippen molar-refractivity contribution in [3.63, 3.8) is 0 Å². The molecule has 37 nitrogen and oxygen atoms in total. The monoisotopic (exact) mass is 1600 g/mol. The fourth-order valence-electron chi connectivity index (χ4n) is 10.6. The van der Waals surface area contributed by atoms with E-state index in [0.717, 1.165) is 46.2 Å². The first-order valence-electron chi connectivity index (χ1n) is 36.6. The minimum atomic E-state index is -1.83. The highest BCUT2D eigenvalue weighted by Gasteiger charge is 2.36. The number of nitrogens with zero attached hydrogens (tertiary/aromatic N) is 2. The average Bonchev–Trinajstić information content (AvgIpc) is 1.13. The number of aliphatic carboxylic acids is 1. The van der Waals surface area contributed by atoms with E-state index in [0.29, 0.717) is 69.4 Å². The standard InChI is InChI=1S/C69H117N19O18S3/c1-44(87-102)68(3,4)78-27-22-46(23-28-79-69(5,6)45(2)88-103)21-26-74-56(90)20-13-19-55(89)73-24-12-11-17-49-62(97)85-53-41-108-109-42-54(86-64(99)51(38-59(93)94)81-57(91)39-77-60(95)48(82-65(53)100)18-14-25-76-67(70)71)66(101)83-50(37-47-15-9-8-10-16-47)63(98)84-52(40-107-43-58(92)80-49)61(96)75-30-32-105-34-36-106-35-33-104-31-29-72-7/h8-10,15-16,46,48-54,72,78-79,102-103H,11-14,17-43H2,1-7H3,(H,73,89)(H,74,90)(H,75,96)(H,77,95)(H,80,92)(H,81,91)(H,82,100)(H,83,101)(H,84,98)(H,85,97)(H,86,99)(H,93,94)(H4,70,71,76)/b87-44-,88-45-/t48-,49-,50-,51-,52-,53-,54-/m0/s1. The summed E-state index contributed by atoms with van der Waals surface area (Å²) in [7, 11) is 3.65. The lowest BCUT2D eigenvalue weighted by Gasteiger charge is -2.28. The lowest BCUT2D eigenvalue weighted by molar-refractivity contribution is -0.141. The molecule has 0 aromatic heterocycles. The number of unbranched alkanes of at least 4 members (excludes halogenated alkanes) is 1. The van der Waals surface area contributed by atoms with Gasteiger partial charge in [-0.15, -0.1) is 11.8 Å². The van der Waals surface area contributed by atoms with Crippen LogP contribution in [0.25, 0.3) is 0 Å². The zero-order valence-electron chi connectivity index (χ0n) is 63.6. The third-order valence-electron chi connectivity index (χ3n) is 17.7. The number of guanidine groups is 1. The first-order chi connectivity index (χ1) is 52.0. The van der Waals surface area contributed by atoms with E-state index in [1.165, 1.54) is 0 Å². The summed E-state index contributed by atoms with van der Waals surface area (Å²) in [5, 5.41) is 84.5. The van der Waals surface area contributed by atoms with Gasteiger partial charge in [0.15, 0.2) is 5.96 Å². The summed E-state index contributed by atoms with van der Waals surface area (Å²) in [5.41, 5.74) is 5.98. The molecule has 21 N–H and O–H groups in total. The van der Waals surface area contributed by atoms with Crippen molar-refractivity contribution in [1.82, 2.24) is 79.8 Å². The van der Waals surface area contributed by atoms with Crippen molar-refractivity contribution in [2.45, 2.75) is 178 Å². The maximum atomic E-state index is 14.7. The Bertz CT molecular complexity index is 3090. The summed E-state index contributed by atoms with van der Waals surface area (Å²) in [4.78, 5) is 167. The van der Waals surface area contributed by atoms with E-state index < -0.39 is 131 Å². The number of oxime groups is 2. The molecular formula is C69H117N19O18S3. The van der Waals surface area contributed by atoms with E-state index in [-0.39, 0.29) is 138 Å². The van der Waals surface area contributed by atoms with E-state index >= 15 is 0 Å². The van der Waals surface area contributed by atoms with Gasteiger partial charge in [0.1, 0.15) is 42.3 Å². The number of nitrogens with one attached hydrogen (secondary N) is 16. The number of ether oxygens (including phenoxy) is 3. The molecule has 2 saturated heterocycles. The molecule has 1 aromatic rings. The van der Waals surface area contributed by atoms with Crippen molar-refractivity contribution in [2.24, 2.45) is 22.0 Å². The van der Waals surface area contributed by atoms with Gasteiger partial charge in [-0.25, -0.2) is 0 Å². The van der Waals surface area contributed by atoms with Crippen LogP contribution in [0.5, 0.6) is 0 Å². The van der Waals surface area contributed by atoms with Gasteiger partial charge in [-0.1, -0.05) is 62.2 Å². The molecular weight excluding hydrogens is 1480 g/mol. The summed E-state index contributed by atoms with van der Waals surface area (Å²) < 4.78 is 16.6. The number of fused-ring (bicyclic) bond motifs is 5. The first-order valence-corrected chi connectivity index (χ1v) is 40.2. The number of hydrogen-bond acceptors (Lipinski definition) is 26. The van der Waals surface area contributed by atoms with Crippen molar-refractivity contribution in [3.05, 3.63) is 35.9 Å². The quantitative estimate of drug-likeness (QED) is 0.00824. The Kier molecular flexibility index (Phi) is 46.8. The second kappa shape index (κ2) is 53.7. The molecule has 2 bridgehead atoms. The van der Waals surface area contributed by atoms with E-state index in [4.69, 9.17) is 25.4 Å². The highest BCUT2D eigenvalue weighted by molar-refractivity contribution is 8.76. The summed E-state index contributed by atoms with van der Waals surface area (Å²) in [6.07, 6.45) is 1.75.